The second kappa shape index (κ2) is 7.36. The second-order valence-electron chi connectivity index (χ2n) is 7.28. The van der Waals surface area contributed by atoms with Crippen LogP contribution in [0.1, 0.15) is 29.6 Å². The predicted molar refractivity (Wildman–Crippen MR) is 106 cm³/mol. The zero-order chi connectivity index (χ0) is 19.8. The number of methoxy groups -OCH3 is 1. The maximum atomic E-state index is 13.9. The Morgan fingerprint density at radius 2 is 1.93 bits per heavy atom. The van der Waals surface area contributed by atoms with Gasteiger partial charge >= 0.3 is 0 Å². The Bertz CT molecular complexity index is 1010. The summed E-state index contributed by atoms with van der Waals surface area (Å²) in [5.41, 5.74) is 6.95. The number of benzene rings is 1. The van der Waals surface area contributed by atoms with E-state index in [1.54, 1.807) is 12.1 Å². The number of pyridine rings is 1. The molecule has 0 saturated carbocycles. The third-order valence-corrected chi connectivity index (χ3v) is 5.06. The normalized spacial score (nSPS) is 16.5. The minimum absolute atomic E-state index is 0.0906. The largest absolute Gasteiger partial charge is 0.494 e. The standard InChI is InChI=1S/C22H24FN3O2/c1-13-9-16(10-14(2)24-13)22-18-7-8-28-15(3)11-20(18)26(25-22)17-5-6-19(23)21(12-17)27-4/h5-6,9-10,12,15H,7-8,11H2,1-4H3/t15-/m1/s1. The molecule has 1 aromatic carbocycles. The molecule has 3 heterocycles. The molecule has 0 bridgehead atoms. The molecule has 0 saturated heterocycles. The summed E-state index contributed by atoms with van der Waals surface area (Å²) >= 11 is 0. The number of aryl methyl sites for hydroxylation is 2. The second-order valence-corrected chi connectivity index (χ2v) is 7.28. The van der Waals surface area contributed by atoms with Crippen LogP contribution < -0.4 is 4.74 Å². The molecule has 0 radical (unpaired) electrons. The van der Waals surface area contributed by atoms with Gasteiger partial charge in [-0.3, -0.25) is 4.98 Å². The third-order valence-electron chi connectivity index (χ3n) is 5.06. The van der Waals surface area contributed by atoms with Gasteiger partial charge in [0.25, 0.3) is 0 Å². The van der Waals surface area contributed by atoms with Gasteiger partial charge in [0.2, 0.25) is 0 Å². The molecule has 6 heteroatoms. The fraction of sp³-hybridized carbons (Fsp3) is 0.364. The first kappa shape index (κ1) is 18.6. The Morgan fingerprint density at radius 1 is 1.18 bits per heavy atom. The van der Waals surface area contributed by atoms with Crippen LogP contribution in [0.4, 0.5) is 4.39 Å². The predicted octanol–water partition coefficient (Wildman–Crippen LogP) is 4.20. The number of ether oxygens (including phenoxy) is 2. The van der Waals surface area contributed by atoms with Crippen LogP contribution in [0, 0.1) is 19.7 Å². The van der Waals surface area contributed by atoms with Gasteiger partial charge in [0.1, 0.15) is 0 Å². The molecule has 0 amide bonds. The van der Waals surface area contributed by atoms with Crippen molar-refractivity contribution in [2.75, 3.05) is 13.7 Å². The van der Waals surface area contributed by atoms with Gasteiger partial charge < -0.3 is 9.47 Å². The van der Waals surface area contributed by atoms with Gasteiger partial charge in [-0.1, -0.05) is 0 Å². The highest BCUT2D eigenvalue weighted by molar-refractivity contribution is 5.66. The van der Waals surface area contributed by atoms with E-state index in [1.165, 1.54) is 18.7 Å². The SMILES string of the molecule is COc1cc(-n2nc(-c3cc(C)nc(C)c3)c3c2C[C@@H](C)OCC3)ccc1F. The van der Waals surface area contributed by atoms with E-state index in [1.807, 2.05) is 18.5 Å². The fourth-order valence-electron chi connectivity index (χ4n) is 3.85. The lowest BCUT2D eigenvalue weighted by Gasteiger charge is -2.12. The quantitative estimate of drug-likeness (QED) is 0.682. The van der Waals surface area contributed by atoms with Crippen molar-refractivity contribution in [3.05, 3.63) is 58.8 Å². The lowest BCUT2D eigenvalue weighted by Crippen LogP contribution is -2.13. The molecule has 5 nitrogen and oxygen atoms in total. The maximum absolute atomic E-state index is 13.9. The van der Waals surface area contributed by atoms with Crippen molar-refractivity contribution in [2.45, 2.75) is 39.7 Å². The van der Waals surface area contributed by atoms with E-state index < -0.39 is 0 Å². The molecule has 3 aromatic rings. The molecule has 28 heavy (non-hydrogen) atoms. The van der Waals surface area contributed by atoms with Crippen LogP contribution >= 0.6 is 0 Å². The van der Waals surface area contributed by atoms with Crippen molar-refractivity contribution < 1.29 is 13.9 Å². The van der Waals surface area contributed by atoms with E-state index in [-0.39, 0.29) is 17.7 Å². The van der Waals surface area contributed by atoms with Gasteiger partial charge in [-0.15, -0.1) is 0 Å². The summed E-state index contributed by atoms with van der Waals surface area (Å²) in [6, 6.07) is 8.94. The molecule has 0 spiro atoms. The number of halogens is 1. The molecule has 146 valence electrons. The lowest BCUT2D eigenvalue weighted by atomic mass is 10.0. The lowest BCUT2D eigenvalue weighted by molar-refractivity contribution is 0.0735. The van der Waals surface area contributed by atoms with Crippen LogP contribution in [0.25, 0.3) is 16.9 Å². The first-order valence-corrected chi connectivity index (χ1v) is 9.48. The highest BCUT2D eigenvalue weighted by atomic mass is 19.1. The average Bonchev–Trinajstić information content (AvgIpc) is 2.88. The Balaban J connectivity index is 1.93. The van der Waals surface area contributed by atoms with Crippen LogP contribution in [0.15, 0.2) is 30.3 Å². The first-order chi connectivity index (χ1) is 13.5. The average molecular weight is 381 g/mol. The highest BCUT2D eigenvalue weighted by Crippen LogP contribution is 2.32. The monoisotopic (exact) mass is 381 g/mol. The smallest absolute Gasteiger partial charge is 0.165 e. The summed E-state index contributed by atoms with van der Waals surface area (Å²) in [5.74, 6) is -0.182. The van der Waals surface area contributed by atoms with Gasteiger partial charge in [-0.25, -0.2) is 9.07 Å². The molecule has 0 N–H and O–H groups in total. The van der Waals surface area contributed by atoms with Gasteiger partial charge in [0.15, 0.2) is 11.6 Å². The number of rotatable bonds is 3. The van der Waals surface area contributed by atoms with E-state index in [0.717, 1.165) is 46.9 Å². The van der Waals surface area contributed by atoms with Crippen molar-refractivity contribution >= 4 is 0 Å². The van der Waals surface area contributed by atoms with Crippen molar-refractivity contribution in [2.24, 2.45) is 0 Å². The number of nitrogens with zero attached hydrogens (tertiary/aromatic N) is 3. The molecule has 0 unspecified atom stereocenters. The third kappa shape index (κ3) is 3.40. The van der Waals surface area contributed by atoms with E-state index in [2.05, 4.69) is 24.0 Å². The summed E-state index contributed by atoms with van der Waals surface area (Å²) < 4.78 is 26.9. The number of fused-ring (bicyclic) bond motifs is 1. The van der Waals surface area contributed by atoms with Crippen molar-refractivity contribution in [1.82, 2.24) is 14.8 Å². The summed E-state index contributed by atoms with van der Waals surface area (Å²) in [5, 5.41) is 4.95. The van der Waals surface area contributed by atoms with Gasteiger partial charge in [0.05, 0.1) is 36.9 Å². The van der Waals surface area contributed by atoms with Crippen molar-refractivity contribution in [3.8, 4) is 22.7 Å². The van der Waals surface area contributed by atoms with Gasteiger partial charge in [0, 0.05) is 35.0 Å². The Morgan fingerprint density at radius 3 is 2.64 bits per heavy atom. The van der Waals surface area contributed by atoms with E-state index >= 15 is 0 Å². The minimum atomic E-state index is -0.387. The van der Waals surface area contributed by atoms with E-state index in [9.17, 15) is 4.39 Å². The highest BCUT2D eigenvalue weighted by Gasteiger charge is 2.25. The van der Waals surface area contributed by atoms with Crippen LogP contribution in [-0.4, -0.2) is 34.6 Å². The van der Waals surface area contributed by atoms with Crippen LogP contribution in [0.2, 0.25) is 0 Å². The topological polar surface area (TPSA) is 49.2 Å². The van der Waals surface area contributed by atoms with Crippen LogP contribution in [-0.2, 0) is 17.6 Å². The summed E-state index contributed by atoms with van der Waals surface area (Å²) in [4.78, 5) is 4.48. The zero-order valence-corrected chi connectivity index (χ0v) is 16.6. The van der Waals surface area contributed by atoms with Crippen LogP contribution in [0.5, 0.6) is 5.75 Å². The number of hydrogen-bond acceptors (Lipinski definition) is 4. The molecule has 4 rings (SSSR count). The first-order valence-electron chi connectivity index (χ1n) is 9.48. The van der Waals surface area contributed by atoms with E-state index in [4.69, 9.17) is 14.6 Å². The van der Waals surface area contributed by atoms with E-state index in [0.29, 0.717) is 6.61 Å². The van der Waals surface area contributed by atoms with Crippen molar-refractivity contribution in [1.29, 1.82) is 0 Å². The molecular formula is C22H24FN3O2. The van der Waals surface area contributed by atoms with Crippen LogP contribution in [0.3, 0.4) is 0 Å². The molecular weight excluding hydrogens is 357 g/mol. The summed E-state index contributed by atoms with van der Waals surface area (Å²) in [6.45, 7) is 6.70. The summed E-state index contributed by atoms with van der Waals surface area (Å²) in [6.07, 6.45) is 1.62. The molecule has 2 aromatic heterocycles. The van der Waals surface area contributed by atoms with Crippen molar-refractivity contribution in [3.63, 3.8) is 0 Å². The Labute approximate surface area is 164 Å². The minimum Gasteiger partial charge on any atom is -0.494 e. The maximum Gasteiger partial charge on any atom is 0.165 e. The van der Waals surface area contributed by atoms with Gasteiger partial charge in [-0.05, 0) is 51.5 Å². The molecule has 1 aliphatic rings. The Kier molecular flexibility index (Phi) is 4.89. The van der Waals surface area contributed by atoms with Gasteiger partial charge in [-0.2, -0.15) is 5.10 Å². The number of aromatic nitrogens is 3. The fourth-order valence-corrected chi connectivity index (χ4v) is 3.85. The molecule has 0 aliphatic carbocycles. The Hall–Kier alpha value is -2.73. The molecule has 1 atom stereocenters. The number of hydrogen-bond donors (Lipinski definition) is 0. The summed E-state index contributed by atoms with van der Waals surface area (Å²) in [7, 11) is 1.47. The molecule has 0 fully saturated rings. The zero-order valence-electron chi connectivity index (χ0n) is 16.6. The molecule has 1 aliphatic heterocycles.